The smallest absolute Gasteiger partial charge is 0.305 e. The summed E-state index contributed by atoms with van der Waals surface area (Å²) in [6.07, 6.45) is 4.83. The maximum atomic E-state index is 13.6. The summed E-state index contributed by atoms with van der Waals surface area (Å²) in [5.41, 5.74) is 7.79. The number of para-hydroxylation sites is 1. The number of hydrogen-bond acceptors (Lipinski definition) is 17. The van der Waals surface area contributed by atoms with Crippen LogP contribution in [0.15, 0.2) is 60.8 Å². The average molecular weight is 1120 g/mol. The third-order valence-electron chi connectivity index (χ3n) is 11.8. The van der Waals surface area contributed by atoms with Crippen molar-refractivity contribution in [2.24, 2.45) is 5.73 Å². The van der Waals surface area contributed by atoms with Gasteiger partial charge in [-0.25, -0.2) is 0 Å². The molecule has 436 valence electrons. The third-order valence-corrected chi connectivity index (χ3v) is 11.8. The zero-order chi connectivity index (χ0) is 58.2. The fourth-order valence-corrected chi connectivity index (χ4v) is 7.71. The fraction of sp³-hybridized carbons (Fsp3) is 0.481. The zero-order valence-corrected chi connectivity index (χ0v) is 44.1. The molecule has 1 aromatic heterocycles. The first kappa shape index (κ1) is 64.1. The van der Waals surface area contributed by atoms with Crippen molar-refractivity contribution in [2.45, 2.75) is 75.9 Å². The molecule has 28 heteroatoms. The topological polar surface area (TPSA) is 415 Å². The van der Waals surface area contributed by atoms with Gasteiger partial charge in [0.05, 0.1) is 52.6 Å². The molecule has 0 spiro atoms. The first-order valence-electron chi connectivity index (χ1n) is 25.8. The Balaban J connectivity index is 1.07. The molecule has 10 amide bonds. The molecule has 1 aliphatic heterocycles. The summed E-state index contributed by atoms with van der Waals surface area (Å²) in [6.45, 7) is -0.619. The number of benzene rings is 2. The van der Waals surface area contributed by atoms with E-state index in [1.807, 2.05) is 30.5 Å². The molecule has 3 aromatic rings. The molecule has 4 rings (SSSR count). The van der Waals surface area contributed by atoms with E-state index in [2.05, 4.69) is 42.2 Å². The maximum absolute atomic E-state index is 13.6. The highest BCUT2D eigenvalue weighted by Gasteiger charge is 2.29. The predicted octanol–water partition coefficient (Wildman–Crippen LogP) is -2.42. The largest absolute Gasteiger partial charge is 0.504 e. The Hall–Kier alpha value is -8.47. The van der Waals surface area contributed by atoms with Gasteiger partial charge in [0.15, 0.2) is 11.5 Å². The van der Waals surface area contributed by atoms with Crippen LogP contribution in [0, 0.1) is 0 Å². The highest BCUT2D eigenvalue weighted by atomic mass is 16.5. The van der Waals surface area contributed by atoms with Gasteiger partial charge in [0.1, 0.15) is 31.3 Å². The average Bonchev–Trinajstić information content (AvgIpc) is 4.01. The van der Waals surface area contributed by atoms with Gasteiger partial charge in [-0.3, -0.25) is 57.6 Å². The zero-order valence-electron chi connectivity index (χ0n) is 44.1. The van der Waals surface area contributed by atoms with Crippen molar-refractivity contribution in [1.82, 2.24) is 47.1 Å². The minimum atomic E-state index is -1.63. The molecular formula is C52H70N10O18. The molecule has 2 aromatic carbocycles. The van der Waals surface area contributed by atoms with E-state index in [1.165, 1.54) is 18.2 Å². The van der Waals surface area contributed by atoms with Crippen LogP contribution in [0.2, 0.25) is 0 Å². The van der Waals surface area contributed by atoms with Gasteiger partial charge in [-0.1, -0.05) is 24.3 Å². The summed E-state index contributed by atoms with van der Waals surface area (Å²) in [5.74, 6) is -8.37. The number of aromatic amines is 1. The lowest BCUT2D eigenvalue weighted by Gasteiger charge is -2.22. The molecule has 0 radical (unpaired) electrons. The van der Waals surface area contributed by atoms with Crippen LogP contribution in [-0.2, 0) is 84.5 Å². The number of phenols is 2. The van der Waals surface area contributed by atoms with E-state index in [1.54, 1.807) is 0 Å². The highest BCUT2D eigenvalue weighted by molar-refractivity contribution is 6.13. The number of fused-ring (bicyclic) bond motifs is 1. The standard InChI is InChI=1S/C52H70N10O18/c53-50(74)38(26-33-11-12-40(63)41(64)27-33)60-46(69)32-80-25-23-78-21-18-56-45(68)31-79-24-22-77-20-17-55-44(67)30-58-51(75)39(28-49(72)73)61-52(76)37(9-3-4-16-54-42(65)15-19-62-47(70)13-14-48(62)71)59-43(66)10-5-6-34-29-57-36-8-2-1-7-35(34)36/h1-2,7-8,11-14,27,29,37-39,57,63-64H,3-6,9-10,15-26,28,30-32H2,(H2,53,74)(H,54,65)(H,55,67)(H,56,68)(H,58,75)(H,59,66)(H,60,69)(H,61,76)(H,72,73). The van der Waals surface area contributed by atoms with Gasteiger partial charge in [-0.05, 0) is 61.4 Å². The minimum Gasteiger partial charge on any atom is -0.504 e. The number of ether oxygens (including phenoxy) is 4. The summed E-state index contributed by atoms with van der Waals surface area (Å²) < 4.78 is 21.3. The summed E-state index contributed by atoms with van der Waals surface area (Å²) in [7, 11) is 0. The quantitative estimate of drug-likeness (QED) is 0.0160. The number of hydrogen-bond donors (Lipinski definition) is 12. The maximum Gasteiger partial charge on any atom is 0.305 e. The molecule has 13 N–H and O–H groups in total. The summed E-state index contributed by atoms with van der Waals surface area (Å²) in [6, 6.07) is 7.73. The van der Waals surface area contributed by atoms with Gasteiger partial charge >= 0.3 is 5.97 Å². The SMILES string of the molecule is NC(=O)C(Cc1ccc(O)c(O)c1)NC(=O)COCCOCCNC(=O)COCCOCCNC(=O)CNC(=O)C(CC(=O)O)NC(=O)C(CCCCNC(=O)CCN1C(=O)C=CC1=O)NC(=O)CCCc1c[nH]c2ccccc12. The lowest BCUT2D eigenvalue weighted by Crippen LogP contribution is -2.55. The number of aromatic hydroxyl groups is 2. The summed E-state index contributed by atoms with van der Waals surface area (Å²) >= 11 is 0. The minimum absolute atomic E-state index is 0.0124. The Morgan fingerprint density at radius 2 is 1.25 bits per heavy atom. The lowest BCUT2D eigenvalue weighted by molar-refractivity contribution is -0.141. The van der Waals surface area contributed by atoms with Crippen LogP contribution in [0.3, 0.4) is 0 Å². The molecule has 80 heavy (non-hydrogen) atoms. The van der Waals surface area contributed by atoms with E-state index in [-0.39, 0.29) is 116 Å². The van der Waals surface area contributed by atoms with Crippen molar-refractivity contribution >= 4 is 75.9 Å². The number of nitrogens with one attached hydrogen (secondary N) is 8. The Bertz CT molecular complexity index is 2630. The number of nitrogens with zero attached hydrogens (tertiary/aromatic N) is 1. The molecule has 3 atom stereocenters. The first-order chi connectivity index (χ1) is 38.4. The molecule has 3 unspecified atom stereocenters. The number of primary amides is 1. The van der Waals surface area contributed by atoms with E-state index < -0.39 is 96.1 Å². The number of phenolic OH excluding ortho intramolecular Hbond substituents is 2. The second-order valence-corrected chi connectivity index (χ2v) is 18.0. The second kappa shape index (κ2) is 35.1. The fourth-order valence-electron chi connectivity index (χ4n) is 7.71. The van der Waals surface area contributed by atoms with E-state index in [0.717, 1.165) is 33.5 Å². The summed E-state index contributed by atoms with van der Waals surface area (Å²) in [5, 5.41) is 47.3. The number of amides is 10. The number of aryl methyl sites for hydroxylation is 1. The number of carbonyl (C=O) groups is 11. The van der Waals surface area contributed by atoms with Crippen molar-refractivity contribution < 1.29 is 87.0 Å². The van der Waals surface area contributed by atoms with E-state index in [9.17, 15) is 68.1 Å². The van der Waals surface area contributed by atoms with Crippen LogP contribution < -0.4 is 43.0 Å². The van der Waals surface area contributed by atoms with Crippen molar-refractivity contribution in [3.63, 3.8) is 0 Å². The number of carbonyl (C=O) groups excluding carboxylic acids is 10. The Morgan fingerprint density at radius 3 is 1.93 bits per heavy atom. The van der Waals surface area contributed by atoms with Gasteiger partial charge in [0, 0.05) is 74.7 Å². The monoisotopic (exact) mass is 1120 g/mol. The molecule has 2 heterocycles. The number of imide groups is 1. The Morgan fingerprint density at radius 1 is 0.613 bits per heavy atom. The normalized spacial score (nSPS) is 13.0. The Labute approximate surface area is 459 Å². The number of aliphatic carboxylic acids is 1. The first-order valence-corrected chi connectivity index (χ1v) is 25.8. The second-order valence-electron chi connectivity index (χ2n) is 18.0. The van der Waals surface area contributed by atoms with Crippen LogP contribution in [0.25, 0.3) is 10.9 Å². The van der Waals surface area contributed by atoms with Crippen LogP contribution in [0.4, 0.5) is 0 Å². The predicted molar refractivity (Wildman–Crippen MR) is 282 cm³/mol. The molecule has 0 fully saturated rings. The van der Waals surface area contributed by atoms with Gasteiger partial charge in [0.25, 0.3) is 11.8 Å². The van der Waals surface area contributed by atoms with Gasteiger partial charge in [-0.2, -0.15) is 0 Å². The molecular weight excluding hydrogens is 1050 g/mol. The highest BCUT2D eigenvalue weighted by Crippen LogP contribution is 2.25. The van der Waals surface area contributed by atoms with E-state index >= 15 is 0 Å². The molecule has 0 bridgehead atoms. The van der Waals surface area contributed by atoms with Crippen LogP contribution in [0.1, 0.15) is 56.1 Å². The number of carboxylic acids is 1. The number of H-pyrrole nitrogens is 1. The number of unbranched alkanes of at least 4 members (excludes halogenated alkanes) is 1. The lowest BCUT2D eigenvalue weighted by atomic mass is 10.0. The van der Waals surface area contributed by atoms with Gasteiger partial charge in [-0.15, -0.1) is 0 Å². The molecule has 0 aliphatic carbocycles. The molecule has 28 nitrogen and oxygen atoms in total. The number of nitrogens with two attached hydrogens (primary N) is 1. The molecule has 0 saturated heterocycles. The van der Waals surface area contributed by atoms with Crippen LogP contribution in [0.5, 0.6) is 11.5 Å². The van der Waals surface area contributed by atoms with Crippen molar-refractivity contribution in [3.05, 3.63) is 71.9 Å². The van der Waals surface area contributed by atoms with Crippen LogP contribution >= 0.6 is 0 Å². The van der Waals surface area contributed by atoms with Crippen LogP contribution in [-0.4, -0.2) is 194 Å². The van der Waals surface area contributed by atoms with Gasteiger partial charge in [0.2, 0.25) is 47.3 Å². The van der Waals surface area contributed by atoms with Gasteiger partial charge < -0.3 is 82.2 Å². The number of carboxylic acid groups (broad SMARTS) is 1. The number of aromatic nitrogens is 1. The Kier molecular flexibility index (Phi) is 28.1. The molecule has 1 aliphatic rings. The van der Waals surface area contributed by atoms with Crippen molar-refractivity contribution in [3.8, 4) is 11.5 Å². The number of rotatable bonds is 40. The molecule has 0 saturated carbocycles. The third kappa shape index (κ3) is 24.5. The van der Waals surface area contributed by atoms with Crippen molar-refractivity contribution in [1.29, 1.82) is 0 Å². The van der Waals surface area contributed by atoms with E-state index in [0.29, 0.717) is 31.2 Å². The van der Waals surface area contributed by atoms with E-state index in [4.69, 9.17) is 24.7 Å². The van der Waals surface area contributed by atoms with Crippen molar-refractivity contribution in [2.75, 3.05) is 85.6 Å². The summed E-state index contributed by atoms with van der Waals surface area (Å²) in [4.78, 5) is 140.